The third kappa shape index (κ3) is 4.93. The predicted molar refractivity (Wildman–Crippen MR) is 150 cm³/mol. The summed E-state index contributed by atoms with van der Waals surface area (Å²) < 4.78 is 7.39. The van der Waals surface area contributed by atoms with E-state index in [9.17, 15) is 24.8 Å². The van der Waals surface area contributed by atoms with E-state index in [0.29, 0.717) is 26.1 Å². The lowest BCUT2D eigenvalue weighted by Crippen LogP contribution is -2.40. The molecule has 4 aromatic rings. The number of carbonyl (C=O) groups is 1. The molecule has 1 N–H and O–H groups in total. The Kier molecular flexibility index (Phi) is 7.27. The first-order valence-electron chi connectivity index (χ1n) is 11.8. The number of hydrogen-bond acceptors (Lipinski definition) is 8. The van der Waals surface area contributed by atoms with Gasteiger partial charge in [0.1, 0.15) is 0 Å². The number of thiazole rings is 1. The minimum absolute atomic E-state index is 0.0884. The van der Waals surface area contributed by atoms with E-state index < -0.39 is 33.9 Å². The van der Waals surface area contributed by atoms with Gasteiger partial charge in [-0.3, -0.25) is 19.5 Å². The van der Waals surface area contributed by atoms with Crippen molar-refractivity contribution in [3.8, 4) is 5.75 Å². The van der Waals surface area contributed by atoms with Crippen LogP contribution in [0.4, 0.5) is 5.69 Å². The number of aromatic hydroxyl groups is 1. The van der Waals surface area contributed by atoms with Crippen LogP contribution < -0.4 is 14.9 Å². The highest BCUT2D eigenvalue weighted by molar-refractivity contribution is 9.10. The van der Waals surface area contributed by atoms with Gasteiger partial charge in [-0.1, -0.05) is 87.9 Å². The van der Waals surface area contributed by atoms with Crippen molar-refractivity contribution < 1.29 is 19.6 Å². The molecule has 1 aromatic heterocycles. The van der Waals surface area contributed by atoms with Crippen LogP contribution in [0.15, 0.2) is 92.6 Å². The van der Waals surface area contributed by atoms with Crippen molar-refractivity contribution in [2.45, 2.75) is 13.0 Å². The van der Waals surface area contributed by atoms with Gasteiger partial charge in [-0.05, 0) is 24.6 Å². The first kappa shape index (κ1) is 26.3. The van der Waals surface area contributed by atoms with Crippen molar-refractivity contribution in [2.75, 3.05) is 6.61 Å². The van der Waals surface area contributed by atoms with Crippen molar-refractivity contribution in [1.29, 1.82) is 0 Å². The Morgan fingerprint density at radius 3 is 2.49 bits per heavy atom. The number of esters is 1. The summed E-state index contributed by atoms with van der Waals surface area (Å²) in [6, 6.07) is 20.1. The normalized spacial score (nSPS) is 15.0. The molecular formula is C28H20BrN3O6S. The fourth-order valence-corrected chi connectivity index (χ4v) is 5.84. The number of benzene rings is 3. The second-order valence-corrected chi connectivity index (χ2v) is 10.4. The predicted octanol–water partition coefficient (Wildman–Crippen LogP) is 4.31. The monoisotopic (exact) mass is 605 g/mol. The van der Waals surface area contributed by atoms with Crippen LogP contribution in [0.3, 0.4) is 0 Å². The van der Waals surface area contributed by atoms with E-state index in [1.54, 1.807) is 6.92 Å². The Hall–Kier alpha value is -4.35. The Morgan fingerprint density at radius 1 is 1.18 bits per heavy atom. The van der Waals surface area contributed by atoms with E-state index in [-0.39, 0.29) is 22.3 Å². The summed E-state index contributed by atoms with van der Waals surface area (Å²) in [7, 11) is 0. The molecule has 9 nitrogen and oxygen atoms in total. The molecule has 0 saturated carbocycles. The average Bonchev–Trinajstić information content (AvgIpc) is 3.24. The largest absolute Gasteiger partial charge is 0.502 e. The van der Waals surface area contributed by atoms with E-state index in [1.165, 1.54) is 22.8 Å². The zero-order valence-corrected chi connectivity index (χ0v) is 22.8. The highest BCUT2D eigenvalue weighted by Crippen LogP contribution is 2.36. The highest BCUT2D eigenvalue weighted by Gasteiger charge is 2.35. The molecule has 3 aromatic carbocycles. The van der Waals surface area contributed by atoms with Gasteiger partial charge in [0.2, 0.25) is 5.75 Å². The molecular weight excluding hydrogens is 586 g/mol. The molecule has 5 rings (SSSR count). The molecule has 1 atom stereocenters. The molecule has 0 amide bonds. The Labute approximate surface area is 233 Å². The molecule has 0 spiro atoms. The number of nitro benzene ring substituents is 1. The number of nitrogens with zero attached hydrogens (tertiary/aromatic N) is 3. The number of ether oxygens (including phenoxy) is 1. The number of halogens is 1. The van der Waals surface area contributed by atoms with E-state index in [4.69, 9.17) is 9.73 Å². The number of hydrogen-bond donors (Lipinski definition) is 1. The summed E-state index contributed by atoms with van der Waals surface area (Å²) in [5.74, 6) is -1.16. The van der Waals surface area contributed by atoms with Crippen LogP contribution in [0, 0.1) is 10.1 Å². The van der Waals surface area contributed by atoms with E-state index >= 15 is 0 Å². The van der Waals surface area contributed by atoms with Crippen LogP contribution in [0.1, 0.15) is 29.7 Å². The van der Waals surface area contributed by atoms with Gasteiger partial charge in [0.25, 0.3) is 5.56 Å². The maximum absolute atomic E-state index is 13.9. The summed E-state index contributed by atoms with van der Waals surface area (Å²) in [5.41, 5.74) is 1.08. The Balaban J connectivity index is 1.83. The van der Waals surface area contributed by atoms with Crippen molar-refractivity contribution in [3.05, 3.63) is 129 Å². The Morgan fingerprint density at radius 2 is 1.85 bits per heavy atom. The van der Waals surface area contributed by atoms with Gasteiger partial charge < -0.3 is 9.84 Å². The van der Waals surface area contributed by atoms with Crippen molar-refractivity contribution >= 4 is 50.7 Å². The quantitative estimate of drug-likeness (QED) is 0.198. The van der Waals surface area contributed by atoms with Crippen LogP contribution in [-0.2, 0) is 9.53 Å². The molecule has 39 heavy (non-hydrogen) atoms. The lowest BCUT2D eigenvalue weighted by Gasteiger charge is -2.25. The standard InChI is InChI=1S/C28H20BrN3O6S/c1-2-38-27(35)22-23(16-9-5-3-6-10-16)30-28-31(24(22)17-11-7-4-8-12-17)26(34)21(39-28)14-18-13-19(29)15-20(25(18)33)32(36)37/h3-15,24,33H,2H2,1H3/b21-14-/t24-/m0/s1. The van der Waals surface area contributed by atoms with Crippen molar-refractivity contribution in [1.82, 2.24) is 4.57 Å². The molecule has 0 fully saturated rings. The van der Waals surface area contributed by atoms with Gasteiger partial charge in [0.05, 0.1) is 33.4 Å². The SMILES string of the molecule is CCOC(=O)C1=C(c2ccccc2)N=c2s/c(=C\c3cc(Br)cc([N+](=O)[O-])c3O)c(=O)n2[C@H]1c1ccccc1. The summed E-state index contributed by atoms with van der Waals surface area (Å²) in [6.07, 6.45) is 1.38. The third-order valence-corrected chi connectivity index (χ3v) is 7.50. The molecule has 11 heteroatoms. The van der Waals surface area contributed by atoms with Crippen LogP contribution in [0.5, 0.6) is 5.75 Å². The van der Waals surface area contributed by atoms with Gasteiger partial charge >= 0.3 is 11.7 Å². The molecule has 0 saturated heterocycles. The second-order valence-electron chi connectivity index (χ2n) is 8.46. The fraction of sp³-hybridized carbons (Fsp3) is 0.107. The topological polar surface area (TPSA) is 124 Å². The van der Waals surface area contributed by atoms with Gasteiger partial charge in [-0.25, -0.2) is 9.79 Å². The first-order chi connectivity index (χ1) is 18.8. The van der Waals surface area contributed by atoms with Gasteiger partial charge in [-0.2, -0.15) is 0 Å². The van der Waals surface area contributed by atoms with Crippen LogP contribution in [0.2, 0.25) is 0 Å². The van der Waals surface area contributed by atoms with Gasteiger partial charge in [0, 0.05) is 21.7 Å². The number of nitro groups is 1. The van der Waals surface area contributed by atoms with Crippen LogP contribution in [0.25, 0.3) is 11.8 Å². The van der Waals surface area contributed by atoms with E-state index in [0.717, 1.165) is 11.3 Å². The summed E-state index contributed by atoms with van der Waals surface area (Å²) in [6.45, 7) is 1.84. The fourth-order valence-electron chi connectivity index (χ4n) is 4.39. The molecule has 2 heterocycles. The Bertz CT molecular complexity index is 1810. The van der Waals surface area contributed by atoms with Crippen LogP contribution in [-0.4, -0.2) is 27.2 Å². The minimum atomic E-state index is -0.843. The molecule has 1 aliphatic rings. The summed E-state index contributed by atoms with van der Waals surface area (Å²) >= 11 is 4.28. The number of fused-ring (bicyclic) bond motifs is 1. The average molecular weight is 606 g/mol. The molecule has 196 valence electrons. The molecule has 0 aliphatic carbocycles. The first-order valence-corrected chi connectivity index (χ1v) is 13.4. The van der Waals surface area contributed by atoms with E-state index in [2.05, 4.69) is 15.9 Å². The lowest BCUT2D eigenvalue weighted by molar-refractivity contribution is -0.385. The smallest absolute Gasteiger partial charge is 0.338 e. The maximum Gasteiger partial charge on any atom is 0.338 e. The number of phenols is 1. The number of rotatable bonds is 6. The zero-order valence-electron chi connectivity index (χ0n) is 20.4. The third-order valence-electron chi connectivity index (χ3n) is 6.06. The van der Waals surface area contributed by atoms with E-state index in [1.807, 2.05) is 60.7 Å². The maximum atomic E-state index is 13.9. The van der Waals surface area contributed by atoms with Gasteiger partial charge in [0.15, 0.2) is 4.80 Å². The van der Waals surface area contributed by atoms with Crippen molar-refractivity contribution in [2.24, 2.45) is 4.99 Å². The molecule has 0 bridgehead atoms. The molecule has 0 unspecified atom stereocenters. The minimum Gasteiger partial charge on any atom is -0.502 e. The highest BCUT2D eigenvalue weighted by atomic mass is 79.9. The number of carbonyl (C=O) groups excluding carboxylic acids is 1. The van der Waals surface area contributed by atoms with Gasteiger partial charge in [-0.15, -0.1) is 0 Å². The number of phenolic OH excluding ortho intramolecular Hbond substituents is 1. The zero-order chi connectivity index (χ0) is 27.7. The second kappa shape index (κ2) is 10.8. The molecule has 0 radical (unpaired) electrons. The summed E-state index contributed by atoms with van der Waals surface area (Å²) in [4.78, 5) is 43.1. The summed E-state index contributed by atoms with van der Waals surface area (Å²) in [5, 5.41) is 22.0. The van der Waals surface area contributed by atoms with Crippen molar-refractivity contribution in [3.63, 3.8) is 0 Å². The number of aromatic nitrogens is 1. The van der Waals surface area contributed by atoms with Crippen LogP contribution >= 0.6 is 27.3 Å². The lowest BCUT2D eigenvalue weighted by atomic mass is 9.93. The molecule has 1 aliphatic heterocycles.